The second kappa shape index (κ2) is 4.58. The molecule has 5 heteroatoms. The van der Waals surface area contributed by atoms with Crippen LogP contribution >= 0.6 is 0 Å². The normalized spacial score (nSPS) is 9.71. The van der Waals surface area contributed by atoms with Crippen molar-refractivity contribution in [3.05, 3.63) is 47.9 Å². The SMILES string of the molecule is CN(c1ccccc1F)c1nnccc1C#N. The number of nitriles is 1. The number of hydrogen-bond acceptors (Lipinski definition) is 4. The molecule has 0 saturated heterocycles. The van der Waals surface area contributed by atoms with Crippen molar-refractivity contribution < 1.29 is 4.39 Å². The quantitative estimate of drug-likeness (QED) is 0.791. The molecule has 1 aromatic heterocycles. The highest BCUT2D eigenvalue weighted by Crippen LogP contribution is 2.25. The van der Waals surface area contributed by atoms with Gasteiger partial charge in [0.05, 0.1) is 17.4 Å². The summed E-state index contributed by atoms with van der Waals surface area (Å²) >= 11 is 0. The van der Waals surface area contributed by atoms with Crippen molar-refractivity contribution in [3.63, 3.8) is 0 Å². The Bertz CT molecular complexity index is 577. The summed E-state index contributed by atoms with van der Waals surface area (Å²) in [6.07, 6.45) is 1.43. The fourth-order valence-corrected chi connectivity index (χ4v) is 1.50. The number of benzene rings is 1. The number of halogens is 1. The average Bonchev–Trinajstić information content (AvgIpc) is 2.38. The minimum atomic E-state index is -0.371. The molecule has 0 unspecified atom stereocenters. The van der Waals surface area contributed by atoms with Gasteiger partial charge in [-0.05, 0) is 18.2 Å². The number of nitrogens with zero attached hydrogens (tertiary/aromatic N) is 4. The maximum Gasteiger partial charge on any atom is 0.173 e. The molecule has 0 radical (unpaired) electrons. The summed E-state index contributed by atoms with van der Waals surface area (Å²) in [5, 5.41) is 16.5. The predicted octanol–water partition coefficient (Wildman–Crippen LogP) is 2.26. The summed E-state index contributed by atoms with van der Waals surface area (Å²) in [4.78, 5) is 1.50. The van der Waals surface area contributed by atoms with Gasteiger partial charge in [0, 0.05) is 7.05 Å². The number of anilines is 2. The molecule has 0 fully saturated rings. The zero-order valence-electron chi connectivity index (χ0n) is 9.13. The highest BCUT2D eigenvalue weighted by molar-refractivity contribution is 5.64. The van der Waals surface area contributed by atoms with Gasteiger partial charge in [-0.25, -0.2) is 4.39 Å². The van der Waals surface area contributed by atoms with E-state index in [0.29, 0.717) is 17.1 Å². The molecule has 17 heavy (non-hydrogen) atoms. The minimum Gasteiger partial charge on any atom is -0.324 e. The molecule has 84 valence electrons. The Morgan fingerprint density at radius 3 is 2.76 bits per heavy atom. The van der Waals surface area contributed by atoms with E-state index in [2.05, 4.69) is 10.2 Å². The van der Waals surface area contributed by atoms with E-state index in [1.165, 1.54) is 17.2 Å². The smallest absolute Gasteiger partial charge is 0.173 e. The zero-order valence-corrected chi connectivity index (χ0v) is 9.13. The molecule has 0 N–H and O–H groups in total. The van der Waals surface area contributed by atoms with Gasteiger partial charge in [-0.2, -0.15) is 10.4 Å². The Morgan fingerprint density at radius 2 is 2.06 bits per heavy atom. The molecular formula is C12H9FN4. The van der Waals surface area contributed by atoms with Crippen LogP contribution in [-0.4, -0.2) is 17.2 Å². The first-order valence-corrected chi connectivity index (χ1v) is 4.94. The van der Waals surface area contributed by atoms with E-state index in [1.807, 2.05) is 6.07 Å². The fraction of sp³-hybridized carbons (Fsp3) is 0.0833. The molecule has 1 aromatic carbocycles. The molecule has 0 aliphatic carbocycles. The van der Waals surface area contributed by atoms with E-state index >= 15 is 0 Å². The lowest BCUT2D eigenvalue weighted by Gasteiger charge is -2.18. The van der Waals surface area contributed by atoms with Gasteiger partial charge in [0.1, 0.15) is 11.9 Å². The van der Waals surface area contributed by atoms with Crippen LogP contribution in [0.3, 0.4) is 0 Å². The Hall–Kier alpha value is -2.48. The lowest BCUT2D eigenvalue weighted by molar-refractivity contribution is 0.627. The molecule has 0 aliphatic rings. The fourth-order valence-electron chi connectivity index (χ4n) is 1.50. The van der Waals surface area contributed by atoms with Gasteiger partial charge >= 0.3 is 0 Å². The Morgan fingerprint density at radius 1 is 1.29 bits per heavy atom. The lowest BCUT2D eigenvalue weighted by atomic mass is 10.2. The van der Waals surface area contributed by atoms with Crippen LogP contribution in [-0.2, 0) is 0 Å². The zero-order chi connectivity index (χ0) is 12.3. The summed E-state index contributed by atoms with van der Waals surface area (Å²) in [6.45, 7) is 0. The van der Waals surface area contributed by atoms with Gasteiger partial charge in [-0.15, -0.1) is 5.10 Å². The van der Waals surface area contributed by atoms with E-state index in [9.17, 15) is 4.39 Å². The Kier molecular flexibility index (Phi) is 2.97. The van der Waals surface area contributed by atoms with Crippen molar-refractivity contribution in [1.29, 1.82) is 5.26 Å². The van der Waals surface area contributed by atoms with Gasteiger partial charge in [-0.3, -0.25) is 0 Å². The van der Waals surface area contributed by atoms with Crippen LogP contribution in [0.4, 0.5) is 15.9 Å². The molecule has 0 bridgehead atoms. The molecule has 2 rings (SSSR count). The highest BCUT2D eigenvalue weighted by Gasteiger charge is 2.13. The third-order valence-electron chi connectivity index (χ3n) is 2.35. The van der Waals surface area contributed by atoms with Gasteiger partial charge in [0.2, 0.25) is 0 Å². The molecule has 0 aliphatic heterocycles. The minimum absolute atomic E-state index is 0.333. The van der Waals surface area contributed by atoms with E-state index in [-0.39, 0.29) is 5.82 Å². The van der Waals surface area contributed by atoms with Crippen molar-refractivity contribution in [1.82, 2.24) is 10.2 Å². The first-order valence-electron chi connectivity index (χ1n) is 4.94. The van der Waals surface area contributed by atoms with Crippen LogP contribution in [0.15, 0.2) is 36.5 Å². The van der Waals surface area contributed by atoms with Crippen molar-refractivity contribution in [3.8, 4) is 6.07 Å². The Labute approximate surface area is 97.9 Å². The largest absolute Gasteiger partial charge is 0.324 e. The van der Waals surface area contributed by atoms with Crippen LogP contribution in [0.2, 0.25) is 0 Å². The third-order valence-corrected chi connectivity index (χ3v) is 2.35. The number of rotatable bonds is 2. The number of para-hydroxylation sites is 1. The monoisotopic (exact) mass is 228 g/mol. The van der Waals surface area contributed by atoms with Crippen molar-refractivity contribution in [2.24, 2.45) is 0 Å². The third kappa shape index (κ3) is 2.06. The van der Waals surface area contributed by atoms with Gasteiger partial charge in [-0.1, -0.05) is 12.1 Å². The molecule has 0 atom stereocenters. The van der Waals surface area contributed by atoms with Crippen molar-refractivity contribution in [2.75, 3.05) is 11.9 Å². The first-order chi connectivity index (χ1) is 8.24. The first kappa shape index (κ1) is 11.0. The Balaban J connectivity index is 2.48. The van der Waals surface area contributed by atoms with Crippen LogP contribution in [0, 0.1) is 17.1 Å². The van der Waals surface area contributed by atoms with Gasteiger partial charge in [0.15, 0.2) is 5.82 Å². The molecule has 1 heterocycles. The van der Waals surface area contributed by atoms with Gasteiger partial charge < -0.3 is 4.90 Å². The second-order valence-electron chi connectivity index (χ2n) is 3.39. The number of hydrogen-bond donors (Lipinski definition) is 0. The molecule has 0 saturated carbocycles. The predicted molar refractivity (Wildman–Crippen MR) is 61.2 cm³/mol. The van der Waals surface area contributed by atoms with Crippen LogP contribution in [0.25, 0.3) is 0 Å². The summed E-state index contributed by atoms with van der Waals surface area (Å²) in [5.41, 5.74) is 0.704. The second-order valence-corrected chi connectivity index (χ2v) is 3.39. The van der Waals surface area contributed by atoms with Crippen LogP contribution in [0.5, 0.6) is 0 Å². The molecule has 2 aromatic rings. The summed E-state index contributed by atoms with van der Waals surface area (Å²) in [5.74, 6) is -0.0374. The highest BCUT2D eigenvalue weighted by atomic mass is 19.1. The van der Waals surface area contributed by atoms with E-state index in [4.69, 9.17) is 5.26 Å². The van der Waals surface area contributed by atoms with Crippen LogP contribution in [0.1, 0.15) is 5.56 Å². The van der Waals surface area contributed by atoms with Gasteiger partial charge in [0.25, 0.3) is 0 Å². The van der Waals surface area contributed by atoms with Crippen LogP contribution < -0.4 is 4.90 Å². The van der Waals surface area contributed by atoms with Crippen molar-refractivity contribution in [2.45, 2.75) is 0 Å². The summed E-state index contributed by atoms with van der Waals surface area (Å²) in [6, 6.07) is 9.84. The molecular weight excluding hydrogens is 219 g/mol. The maximum atomic E-state index is 13.6. The van der Waals surface area contributed by atoms with E-state index in [0.717, 1.165) is 0 Å². The number of aromatic nitrogens is 2. The van der Waals surface area contributed by atoms with Crippen molar-refractivity contribution >= 4 is 11.5 Å². The summed E-state index contributed by atoms with van der Waals surface area (Å²) < 4.78 is 13.6. The lowest BCUT2D eigenvalue weighted by Crippen LogP contribution is -2.14. The molecule has 4 nitrogen and oxygen atoms in total. The molecule has 0 amide bonds. The standard InChI is InChI=1S/C12H9FN4/c1-17(11-5-3-2-4-10(11)13)12-9(8-14)6-7-15-16-12/h2-7H,1H3. The summed E-state index contributed by atoms with van der Waals surface area (Å²) in [7, 11) is 1.64. The average molecular weight is 228 g/mol. The van der Waals surface area contributed by atoms with E-state index < -0.39 is 0 Å². The maximum absolute atomic E-state index is 13.6. The van der Waals surface area contributed by atoms with E-state index in [1.54, 1.807) is 31.3 Å². The molecule has 0 spiro atoms. The topological polar surface area (TPSA) is 52.8 Å².